The molecule has 1 aromatic carbocycles. The van der Waals surface area contributed by atoms with Gasteiger partial charge in [-0.25, -0.2) is 0 Å². The molecule has 0 aliphatic carbocycles. The first-order chi connectivity index (χ1) is 9.67. The van der Waals surface area contributed by atoms with Crippen molar-refractivity contribution >= 4 is 5.91 Å². The second kappa shape index (κ2) is 6.86. The maximum Gasteiger partial charge on any atom is 0.238 e. The maximum absolute atomic E-state index is 12.1. The Kier molecular flexibility index (Phi) is 5.15. The van der Waals surface area contributed by atoms with Crippen LogP contribution in [-0.2, 0) is 4.79 Å². The Morgan fingerprint density at radius 3 is 2.75 bits per heavy atom. The first-order valence-corrected chi connectivity index (χ1v) is 7.42. The molecule has 0 saturated carbocycles. The Morgan fingerprint density at radius 2 is 2.15 bits per heavy atom. The van der Waals surface area contributed by atoms with E-state index in [4.69, 9.17) is 0 Å². The second-order valence-corrected chi connectivity index (χ2v) is 5.41. The van der Waals surface area contributed by atoms with Gasteiger partial charge in [-0.3, -0.25) is 9.69 Å². The molecular formula is C16H25N3O. The van der Waals surface area contributed by atoms with E-state index in [9.17, 15) is 4.79 Å². The molecule has 4 heteroatoms. The molecule has 20 heavy (non-hydrogen) atoms. The van der Waals surface area contributed by atoms with Crippen LogP contribution in [0.4, 0.5) is 0 Å². The molecule has 1 aromatic rings. The molecule has 0 radical (unpaired) electrons. The van der Waals surface area contributed by atoms with E-state index in [2.05, 4.69) is 53.6 Å². The van der Waals surface area contributed by atoms with Gasteiger partial charge in [0, 0.05) is 32.7 Å². The third-order valence-electron chi connectivity index (χ3n) is 4.08. The summed E-state index contributed by atoms with van der Waals surface area (Å²) in [5, 5.41) is 6.10. The number of benzene rings is 1. The highest BCUT2D eigenvalue weighted by Crippen LogP contribution is 2.27. The third kappa shape index (κ3) is 3.19. The first-order valence-electron chi connectivity index (χ1n) is 7.42. The van der Waals surface area contributed by atoms with Gasteiger partial charge in [0.15, 0.2) is 0 Å². The molecule has 4 nitrogen and oxygen atoms in total. The zero-order chi connectivity index (χ0) is 14.5. The number of carbonyl (C=O) groups excluding carboxylic acids is 1. The zero-order valence-corrected chi connectivity index (χ0v) is 12.6. The van der Waals surface area contributed by atoms with Crippen LogP contribution in [0.2, 0.25) is 0 Å². The molecule has 2 N–H and O–H groups in total. The van der Waals surface area contributed by atoms with E-state index in [1.807, 2.05) is 0 Å². The molecule has 1 amide bonds. The van der Waals surface area contributed by atoms with Crippen LogP contribution in [0.1, 0.15) is 30.5 Å². The third-order valence-corrected chi connectivity index (χ3v) is 4.08. The fraction of sp³-hybridized carbons (Fsp3) is 0.562. The number of nitrogens with one attached hydrogen (secondary N) is 2. The van der Waals surface area contributed by atoms with Crippen LogP contribution in [0.15, 0.2) is 24.3 Å². The fourth-order valence-corrected chi connectivity index (χ4v) is 2.95. The van der Waals surface area contributed by atoms with E-state index in [1.165, 1.54) is 11.1 Å². The van der Waals surface area contributed by atoms with Crippen LogP contribution in [0, 0.1) is 6.92 Å². The van der Waals surface area contributed by atoms with E-state index in [0.717, 1.165) is 26.1 Å². The van der Waals surface area contributed by atoms with Crippen molar-refractivity contribution in [2.75, 3.05) is 26.7 Å². The summed E-state index contributed by atoms with van der Waals surface area (Å²) in [6.07, 6.45) is 1.01. The lowest BCUT2D eigenvalue weighted by molar-refractivity contribution is -0.127. The summed E-state index contributed by atoms with van der Waals surface area (Å²) < 4.78 is 0. The van der Waals surface area contributed by atoms with Crippen molar-refractivity contribution < 1.29 is 4.79 Å². The maximum atomic E-state index is 12.1. The smallest absolute Gasteiger partial charge is 0.238 e. The molecule has 1 fully saturated rings. The van der Waals surface area contributed by atoms with Crippen molar-refractivity contribution in [1.29, 1.82) is 0 Å². The minimum absolute atomic E-state index is 0.0833. The van der Waals surface area contributed by atoms with Gasteiger partial charge >= 0.3 is 0 Å². The Hall–Kier alpha value is -1.39. The van der Waals surface area contributed by atoms with Crippen LogP contribution >= 0.6 is 0 Å². The second-order valence-electron chi connectivity index (χ2n) is 5.41. The van der Waals surface area contributed by atoms with Crippen molar-refractivity contribution in [3.63, 3.8) is 0 Å². The molecule has 1 aliphatic rings. The number of hydrogen-bond donors (Lipinski definition) is 2. The van der Waals surface area contributed by atoms with Crippen LogP contribution in [0.25, 0.3) is 0 Å². The number of rotatable bonds is 4. The minimum atomic E-state index is -0.0833. The fourth-order valence-electron chi connectivity index (χ4n) is 2.95. The quantitative estimate of drug-likeness (QED) is 0.874. The number of aryl methyl sites for hydroxylation is 1. The molecule has 0 aromatic heterocycles. The molecular weight excluding hydrogens is 250 g/mol. The topological polar surface area (TPSA) is 44.4 Å². The van der Waals surface area contributed by atoms with Crippen LogP contribution in [0.3, 0.4) is 0 Å². The van der Waals surface area contributed by atoms with E-state index < -0.39 is 0 Å². The predicted molar refractivity (Wildman–Crippen MR) is 81.6 cm³/mol. The standard InChI is InChI=1S/C16H25N3O/c1-4-14(13-7-5-12(2)6-8-13)19-10-9-18-11-15(19)16(20)17-3/h5-8,14-15,18H,4,9-11H2,1-3H3,(H,17,20). The molecule has 2 unspecified atom stereocenters. The monoisotopic (exact) mass is 275 g/mol. The van der Waals surface area contributed by atoms with Gasteiger partial charge in [0.1, 0.15) is 6.04 Å². The van der Waals surface area contributed by atoms with Gasteiger partial charge in [-0.1, -0.05) is 36.8 Å². The molecule has 1 aliphatic heterocycles. The summed E-state index contributed by atoms with van der Waals surface area (Å²) >= 11 is 0. The average Bonchev–Trinajstić information content (AvgIpc) is 2.49. The van der Waals surface area contributed by atoms with Gasteiger partial charge in [0.05, 0.1) is 0 Å². The van der Waals surface area contributed by atoms with Crippen molar-refractivity contribution in [2.45, 2.75) is 32.4 Å². The largest absolute Gasteiger partial charge is 0.358 e. The summed E-state index contributed by atoms with van der Waals surface area (Å²) in [5.41, 5.74) is 2.57. The number of nitrogens with zero attached hydrogens (tertiary/aromatic N) is 1. The lowest BCUT2D eigenvalue weighted by Gasteiger charge is -2.40. The van der Waals surface area contributed by atoms with Gasteiger partial charge in [0.25, 0.3) is 0 Å². The van der Waals surface area contributed by atoms with E-state index in [0.29, 0.717) is 6.04 Å². The van der Waals surface area contributed by atoms with Gasteiger partial charge < -0.3 is 10.6 Å². The number of likely N-dealkylation sites (N-methyl/N-ethyl adjacent to an activating group) is 1. The lowest BCUT2D eigenvalue weighted by atomic mass is 9.98. The highest BCUT2D eigenvalue weighted by Gasteiger charge is 2.32. The van der Waals surface area contributed by atoms with Crippen molar-refractivity contribution in [3.8, 4) is 0 Å². The number of amides is 1. The Labute approximate surface area is 121 Å². The molecule has 2 rings (SSSR count). The lowest BCUT2D eigenvalue weighted by Crippen LogP contribution is -2.58. The van der Waals surface area contributed by atoms with E-state index in [-0.39, 0.29) is 11.9 Å². The van der Waals surface area contributed by atoms with Crippen LogP contribution in [0.5, 0.6) is 0 Å². The number of hydrogen-bond acceptors (Lipinski definition) is 3. The van der Waals surface area contributed by atoms with Crippen molar-refractivity contribution in [1.82, 2.24) is 15.5 Å². The minimum Gasteiger partial charge on any atom is -0.358 e. The van der Waals surface area contributed by atoms with E-state index in [1.54, 1.807) is 7.05 Å². The Bertz CT molecular complexity index is 444. The summed E-state index contributed by atoms with van der Waals surface area (Å²) in [4.78, 5) is 14.4. The zero-order valence-electron chi connectivity index (χ0n) is 12.6. The average molecular weight is 275 g/mol. The molecule has 0 spiro atoms. The Balaban J connectivity index is 2.23. The normalized spacial score (nSPS) is 21.4. The van der Waals surface area contributed by atoms with Gasteiger partial charge in [-0.15, -0.1) is 0 Å². The van der Waals surface area contributed by atoms with Gasteiger partial charge in [-0.05, 0) is 18.9 Å². The summed E-state index contributed by atoms with van der Waals surface area (Å²) in [6.45, 7) is 6.86. The molecule has 110 valence electrons. The highest BCUT2D eigenvalue weighted by atomic mass is 16.2. The molecule has 2 atom stereocenters. The number of piperazine rings is 1. The summed E-state index contributed by atoms with van der Waals surface area (Å²) in [5.74, 6) is 0.0998. The predicted octanol–water partition coefficient (Wildman–Crippen LogP) is 1.47. The van der Waals surface area contributed by atoms with Crippen molar-refractivity contribution in [3.05, 3.63) is 35.4 Å². The van der Waals surface area contributed by atoms with Gasteiger partial charge in [-0.2, -0.15) is 0 Å². The van der Waals surface area contributed by atoms with Crippen LogP contribution < -0.4 is 10.6 Å². The van der Waals surface area contributed by atoms with Gasteiger partial charge in [0.2, 0.25) is 5.91 Å². The molecule has 1 heterocycles. The van der Waals surface area contributed by atoms with Crippen molar-refractivity contribution in [2.24, 2.45) is 0 Å². The summed E-state index contributed by atoms with van der Waals surface area (Å²) in [7, 11) is 1.71. The Morgan fingerprint density at radius 1 is 1.45 bits per heavy atom. The first kappa shape index (κ1) is 15.0. The molecule has 1 saturated heterocycles. The summed E-state index contributed by atoms with van der Waals surface area (Å²) in [6, 6.07) is 8.89. The van der Waals surface area contributed by atoms with E-state index >= 15 is 0 Å². The molecule has 0 bridgehead atoms. The highest BCUT2D eigenvalue weighted by molar-refractivity contribution is 5.81. The van der Waals surface area contributed by atoms with Crippen LogP contribution in [-0.4, -0.2) is 43.5 Å². The number of carbonyl (C=O) groups is 1. The SMILES string of the molecule is CCC(c1ccc(C)cc1)N1CCNCC1C(=O)NC.